The van der Waals surface area contributed by atoms with Crippen molar-refractivity contribution in [1.29, 1.82) is 10.8 Å². The van der Waals surface area contributed by atoms with Gasteiger partial charge in [0.15, 0.2) is 18.0 Å². The average molecular weight is 990 g/mol. The Bertz CT molecular complexity index is 2630. The van der Waals surface area contributed by atoms with Gasteiger partial charge < -0.3 is 29.5 Å². The van der Waals surface area contributed by atoms with Gasteiger partial charge in [0.25, 0.3) is 0 Å². The lowest BCUT2D eigenvalue weighted by Crippen LogP contribution is -2.59. The molecule has 1 unspecified atom stereocenters. The quantitative estimate of drug-likeness (QED) is 0.0235. The highest BCUT2D eigenvalue weighted by Crippen LogP contribution is 2.41. The molecule has 1 aliphatic heterocycles. The maximum atomic E-state index is 15.3. The third-order valence-corrected chi connectivity index (χ3v) is 13.2. The number of likely N-dealkylation sites (tertiary alicyclic amines) is 1. The van der Waals surface area contributed by atoms with Crippen molar-refractivity contribution in [2.24, 2.45) is 5.92 Å². The molecule has 5 rings (SSSR count). The number of nitrogens with one attached hydrogen (secondary N) is 2. The number of phenolic OH excluding ortho intramolecular Hbond substituents is 2. The summed E-state index contributed by atoms with van der Waals surface area (Å²) in [5.74, 6) is -2.91. The highest BCUT2D eigenvalue weighted by atomic mass is 16.5. The van der Waals surface area contributed by atoms with Crippen LogP contribution >= 0.6 is 0 Å². The second-order valence-corrected chi connectivity index (χ2v) is 19.0. The summed E-state index contributed by atoms with van der Waals surface area (Å²) in [6.07, 6.45) is 6.29. The molecule has 0 spiro atoms. The topological polar surface area (TPSA) is 221 Å². The van der Waals surface area contributed by atoms with Gasteiger partial charge in [0.1, 0.15) is 29.0 Å². The number of ether oxygens (including phenoxy) is 3. The number of carbonyl (C=O) groups is 4. The maximum Gasteiger partial charge on any atom is 0.324 e. The van der Waals surface area contributed by atoms with Crippen molar-refractivity contribution in [3.63, 3.8) is 0 Å². The van der Waals surface area contributed by atoms with Gasteiger partial charge >= 0.3 is 17.8 Å². The number of aldehydes is 1. The standard InChI is InChI=1S/C55H71N7O10/c1-32(2)43-25-45(47(64)27-49(43)70-10)35(7)60(51(56)31-63)41-17-15-39(16-18-41)30-59(37(9)55(69)72-12)62(34(5)6)53(66)52(57)61(36(8)46-26-44(33(3)4)50(71-11)28-48(46)65)42-19-13-38(14-20-42)29-58-23-21-40(22-24-58)54(67)68/h13,15-19,25-28,31-34,37,40,56-57,64-65H,7-8,14,20-24,29-30H2,1-6,9-12H3,(H,67,68). The first-order chi connectivity index (χ1) is 34.1. The van der Waals surface area contributed by atoms with E-state index >= 15 is 4.79 Å². The number of piperidine rings is 1. The van der Waals surface area contributed by atoms with Crippen LogP contribution in [0.3, 0.4) is 0 Å². The number of methoxy groups -OCH3 is 3. The number of rotatable bonds is 20. The number of anilines is 1. The summed E-state index contributed by atoms with van der Waals surface area (Å²) in [6.45, 7) is 23.5. The minimum Gasteiger partial charge on any atom is -0.507 e. The van der Waals surface area contributed by atoms with Gasteiger partial charge in [-0.1, -0.05) is 64.6 Å². The van der Waals surface area contributed by atoms with Crippen LogP contribution in [0.15, 0.2) is 85.1 Å². The van der Waals surface area contributed by atoms with Crippen LogP contribution in [-0.2, 0) is 30.5 Å². The molecule has 1 aliphatic carbocycles. The molecule has 5 N–H and O–H groups in total. The van der Waals surface area contributed by atoms with Gasteiger partial charge in [-0.25, -0.2) is 0 Å². The maximum absolute atomic E-state index is 15.3. The fourth-order valence-corrected chi connectivity index (χ4v) is 9.17. The normalized spacial score (nSPS) is 14.6. The van der Waals surface area contributed by atoms with E-state index in [2.05, 4.69) is 18.1 Å². The number of carboxylic acids is 1. The molecule has 1 amide bonds. The molecule has 3 aromatic carbocycles. The molecule has 1 heterocycles. The van der Waals surface area contributed by atoms with Gasteiger partial charge in [-0.05, 0) is 118 Å². The van der Waals surface area contributed by atoms with Crippen LogP contribution in [0.1, 0.15) is 114 Å². The summed E-state index contributed by atoms with van der Waals surface area (Å²) >= 11 is 0. The molecule has 0 aromatic heterocycles. The molecule has 1 saturated heterocycles. The van der Waals surface area contributed by atoms with E-state index < -0.39 is 41.6 Å². The average Bonchev–Trinajstić information content (AvgIpc) is 3.35. The molecule has 72 heavy (non-hydrogen) atoms. The number of hydrazine groups is 1. The van der Waals surface area contributed by atoms with E-state index in [4.69, 9.17) is 19.6 Å². The van der Waals surface area contributed by atoms with Crippen LogP contribution in [0.4, 0.5) is 5.69 Å². The van der Waals surface area contributed by atoms with Crippen molar-refractivity contribution < 1.29 is 48.7 Å². The van der Waals surface area contributed by atoms with E-state index in [-0.39, 0.29) is 58.3 Å². The van der Waals surface area contributed by atoms with E-state index in [0.717, 1.165) is 16.7 Å². The fraction of sp³-hybridized carbons (Fsp3) is 0.418. The van der Waals surface area contributed by atoms with Crippen LogP contribution in [0.2, 0.25) is 0 Å². The summed E-state index contributed by atoms with van der Waals surface area (Å²) < 4.78 is 16.3. The molecule has 1 fully saturated rings. The minimum atomic E-state index is -1.06. The lowest BCUT2D eigenvalue weighted by atomic mass is 9.94. The van der Waals surface area contributed by atoms with Crippen molar-refractivity contribution in [2.75, 3.05) is 45.9 Å². The zero-order valence-electron chi connectivity index (χ0n) is 43.2. The number of aromatic hydroxyl groups is 2. The summed E-state index contributed by atoms with van der Waals surface area (Å²) in [5, 5.41) is 53.4. The predicted octanol–water partition coefficient (Wildman–Crippen LogP) is 8.88. The first-order valence-corrected chi connectivity index (χ1v) is 24.1. The number of hydrogen-bond acceptors (Lipinski definition) is 13. The Morgan fingerprint density at radius 1 is 0.792 bits per heavy atom. The van der Waals surface area contributed by atoms with Crippen LogP contribution in [0.25, 0.3) is 11.4 Å². The van der Waals surface area contributed by atoms with Gasteiger partial charge in [0.2, 0.25) is 0 Å². The van der Waals surface area contributed by atoms with Crippen LogP contribution < -0.4 is 14.4 Å². The number of aliphatic carboxylic acids is 1. The smallest absolute Gasteiger partial charge is 0.324 e. The SMILES string of the molecule is C=C(c1cc(C(C)C)c(OC)cc1O)N(C(=N)C(=O)N(C(C)C)N(Cc1ccc(N(C(=C)c2cc(C(C)C)c(OC)cc2O)C(=N)C=O)cc1)C(C)C(=O)OC)C1=CC=C(CN2CCC(C(=O)O)CC2)CC1. The number of benzene rings is 3. The van der Waals surface area contributed by atoms with E-state index in [9.17, 15) is 35.1 Å². The summed E-state index contributed by atoms with van der Waals surface area (Å²) in [5.41, 5.74) is 5.09. The van der Waals surface area contributed by atoms with Crippen LogP contribution in [0.5, 0.6) is 23.0 Å². The lowest BCUT2D eigenvalue weighted by Gasteiger charge is -2.42. The van der Waals surface area contributed by atoms with Crippen LogP contribution in [0, 0.1) is 16.7 Å². The molecule has 2 aliphatic rings. The van der Waals surface area contributed by atoms with Gasteiger partial charge in [-0.2, -0.15) is 5.01 Å². The number of phenols is 2. The van der Waals surface area contributed by atoms with Crippen LogP contribution in [-0.4, -0.2) is 124 Å². The third-order valence-electron chi connectivity index (χ3n) is 13.2. The summed E-state index contributed by atoms with van der Waals surface area (Å²) in [6, 6.07) is 11.5. The van der Waals surface area contributed by atoms with Gasteiger partial charge in [0, 0.05) is 53.8 Å². The minimum absolute atomic E-state index is 0.00626. The highest BCUT2D eigenvalue weighted by Gasteiger charge is 2.38. The Labute approximate surface area is 423 Å². The van der Waals surface area contributed by atoms with Gasteiger partial charge in [0.05, 0.1) is 38.6 Å². The Morgan fingerprint density at radius 2 is 1.32 bits per heavy atom. The molecular formula is C55H71N7O10. The molecular weight excluding hydrogens is 919 g/mol. The second kappa shape index (κ2) is 24.3. The van der Waals surface area contributed by atoms with E-state index in [0.29, 0.717) is 80.1 Å². The number of hydrogen-bond donors (Lipinski definition) is 5. The zero-order valence-corrected chi connectivity index (χ0v) is 43.2. The Hall–Kier alpha value is -7.24. The Kier molecular flexibility index (Phi) is 18.8. The number of allylic oxidation sites excluding steroid dienone is 3. The molecule has 17 heteroatoms. The van der Waals surface area contributed by atoms with Gasteiger partial charge in [-0.3, -0.25) is 49.7 Å². The highest BCUT2D eigenvalue weighted by molar-refractivity contribution is 6.38. The number of carbonyl (C=O) groups excluding carboxylic acids is 3. The van der Waals surface area contributed by atoms with Gasteiger partial charge in [-0.15, -0.1) is 0 Å². The first-order valence-electron chi connectivity index (χ1n) is 24.1. The molecule has 0 saturated carbocycles. The predicted molar refractivity (Wildman–Crippen MR) is 279 cm³/mol. The van der Waals surface area contributed by atoms with Crippen molar-refractivity contribution in [1.82, 2.24) is 19.8 Å². The molecule has 1 atom stereocenters. The largest absolute Gasteiger partial charge is 0.507 e. The fourth-order valence-electron chi connectivity index (χ4n) is 9.17. The molecule has 3 aromatic rings. The second-order valence-electron chi connectivity index (χ2n) is 19.0. The first kappa shape index (κ1) is 55.7. The Balaban J connectivity index is 1.54. The molecule has 0 radical (unpaired) electrons. The van der Waals surface area contributed by atoms with E-state index in [1.165, 1.54) is 53.3 Å². The molecule has 17 nitrogen and oxygen atoms in total. The van der Waals surface area contributed by atoms with Crippen molar-refractivity contribution >= 4 is 52.9 Å². The van der Waals surface area contributed by atoms with Crippen molar-refractivity contribution in [2.45, 2.75) is 105 Å². The third kappa shape index (κ3) is 12.4. The number of carboxylic acid groups (broad SMARTS) is 1. The van der Waals surface area contributed by atoms with Crippen molar-refractivity contribution in [3.8, 4) is 23.0 Å². The monoisotopic (exact) mass is 990 g/mol. The molecule has 0 bridgehead atoms. The summed E-state index contributed by atoms with van der Waals surface area (Å²) in [4.78, 5) is 57.5. The lowest BCUT2D eigenvalue weighted by molar-refractivity contribution is -0.167. The Morgan fingerprint density at radius 3 is 1.75 bits per heavy atom. The zero-order chi connectivity index (χ0) is 53.3. The number of amides is 1. The number of nitrogens with zero attached hydrogens (tertiary/aromatic N) is 5. The van der Waals surface area contributed by atoms with E-state index in [1.54, 1.807) is 57.2 Å². The van der Waals surface area contributed by atoms with Crippen molar-refractivity contribution in [3.05, 3.63) is 113 Å². The number of amidine groups is 2. The summed E-state index contributed by atoms with van der Waals surface area (Å²) in [7, 11) is 4.27. The van der Waals surface area contributed by atoms with E-state index in [1.807, 2.05) is 39.8 Å². The molecule has 386 valence electrons. The number of esters is 1.